The SMILES string of the molecule is CO[C@H](c1ccccc1O)[C@@H](C)OC. The van der Waals surface area contributed by atoms with Crippen molar-refractivity contribution < 1.29 is 14.6 Å². The first-order valence-corrected chi connectivity index (χ1v) is 4.54. The summed E-state index contributed by atoms with van der Waals surface area (Å²) in [6, 6.07) is 7.12. The molecule has 0 saturated carbocycles. The summed E-state index contributed by atoms with van der Waals surface area (Å²) >= 11 is 0. The third-order valence-corrected chi connectivity index (χ3v) is 2.30. The first-order valence-electron chi connectivity index (χ1n) is 4.54. The second kappa shape index (κ2) is 4.98. The highest BCUT2D eigenvalue weighted by Crippen LogP contribution is 2.29. The maximum Gasteiger partial charge on any atom is 0.121 e. The van der Waals surface area contributed by atoms with Gasteiger partial charge in [-0.2, -0.15) is 0 Å². The van der Waals surface area contributed by atoms with Crippen LogP contribution in [0.4, 0.5) is 0 Å². The van der Waals surface area contributed by atoms with E-state index in [2.05, 4.69) is 0 Å². The molecule has 0 saturated heterocycles. The van der Waals surface area contributed by atoms with E-state index in [4.69, 9.17) is 9.47 Å². The molecule has 0 spiro atoms. The van der Waals surface area contributed by atoms with Gasteiger partial charge in [-0.15, -0.1) is 0 Å². The van der Waals surface area contributed by atoms with Gasteiger partial charge in [-0.1, -0.05) is 18.2 Å². The zero-order chi connectivity index (χ0) is 10.6. The molecule has 0 fully saturated rings. The highest BCUT2D eigenvalue weighted by molar-refractivity contribution is 5.34. The first kappa shape index (κ1) is 11.0. The van der Waals surface area contributed by atoms with Crippen LogP contribution in [-0.2, 0) is 9.47 Å². The average molecular weight is 196 g/mol. The summed E-state index contributed by atoms with van der Waals surface area (Å²) in [7, 11) is 3.23. The molecule has 1 aromatic rings. The fourth-order valence-corrected chi connectivity index (χ4v) is 1.42. The van der Waals surface area contributed by atoms with Crippen LogP contribution < -0.4 is 0 Å². The van der Waals surface area contributed by atoms with Crippen LogP contribution in [0.3, 0.4) is 0 Å². The molecule has 78 valence electrons. The van der Waals surface area contributed by atoms with E-state index in [9.17, 15) is 5.11 Å². The smallest absolute Gasteiger partial charge is 0.121 e. The van der Waals surface area contributed by atoms with Crippen LogP contribution in [0.1, 0.15) is 18.6 Å². The molecular weight excluding hydrogens is 180 g/mol. The lowest BCUT2D eigenvalue weighted by atomic mass is 10.0. The maximum atomic E-state index is 9.62. The van der Waals surface area contributed by atoms with Gasteiger partial charge >= 0.3 is 0 Å². The number of ether oxygens (including phenoxy) is 2. The predicted molar refractivity (Wildman–Crippen MR) is 54.3 cm³/mol. The van der Waals surface area contributed by atoms with Crippen molar-refractivity contribution in [3.05, 3.63) is 29.8 Å². The van der Waals surface area contributed by atoms with Gasteiger partial charge in [0.1, 0.15) is 11.9 Å². The van der Waals surface area contributed by atoms with Crippen molar-refractivity contribution in [2.45, 2.75) is 19.1 Å². The minimum Gasteiger partial charge on any atom is -0.508 e. The van der Waals surface area contributed by atoms with E-state index in [-0.39, 0.29) is 18.0 Å². The van der Waals surface area contributed by atoms with Gasteiger partial charge in [0.05, 0.1) is 6.10 Å². The van der Waals surface area contributed by atoms with Crippen LogP contribution >= 0.6 is 0 Å². The van der Waals surface area contributed by atoms with Crippen LogP contribution in [0.2, 0.25) is 0 Å². The minimum absolute atomic E-state index is 0.0895. The van der Waals surface area contributed by atoms with Gasteiger partial charge in [-0.05, 0) is 13.0 Å². The topological polar surface area (TPSA) is 38.7 Å². The van der Waals surface area contributed by atoms with Crippen molar-refractivity contribution in [3.8, 4) is 5.75 Å². The molecule has 3 heteroatoms. The zero-order valence-corrected chi connectivity index (χ0v) is 8.73. The molecule has 0 aliphatic heterocycles. The molecule has 2 atom stereocenters. The van der Waals surface area contributed by atoms with Crippen molar-refractivity contribution in [3.63, 3.8) is 0 Å². The Morgan fingerprint density at radius 2 is 1.79 bits per heavy atom. The fourth-order valence-electron chi connectivity index (χ4n) is 1.42. The number of aromatic hydroxyl groups is 1. The van der Waals surface area contributed by atoms with Gasteiger partial charge in [-0.25, -0.2) is 0 Å². The Hall–Kier alpha value is -1.06. The standard InChI is InChI=1S/C11H16O3/c1-8(13-2)11(14-3)9-6-4-5-7-10(9)12/h4-8,11-12H,1-3H3/t8-,11+/m1/s1. The Labute approximate surface area is 84.3 Å². The fraction of sp³-hybridized carbons (Fsp3) is 0.455. The average Bonchev–Trinajstić information content (AvgIpc) is 2.21. The van der Waals surface area contributed by atoms with Gasteiger partial charge in [-0.3, -0.25) is 0 Å². The number of hydrogen-bond donors (Lipinski definition) is 1. The Balaban J connectivity index is 2.94. The highest BCUT2D eigenvalue weighted by Gasteiger charge is 2.20. The van der Waals surface area contributed by atoms with Gasteiger partial charge in [0, 0.05) is 19.8 Å². The summed E-state index contributed by atoms with van der Waals surface area (Å²) in [6.07, 6.45) is -0.325. The largest absolute Gasteiger partial charge is 0.508 e. The Morgan fingerprint density at radius 1 is 1.14 bits per heavy atom. The van der Waals surface area contributed by atoms with E-state index in [0.717, 1.165) is 5.56 Å². The Kier molecular flexibility index (Phi) is 3.92. The number of benzene rings is 1. The van der Waals surface area contributed by atoms with Crippen molar-refractivity contribution in [2.24, 2.45) is 0 Å². The van der Waals surface area contributed by atoms with E-state index in [1.54, 1.807) is 26.4 Å². The van der Waals surface area contributed by atoms with Crippen LogP contribution in [0.15, 0.2) is 24.3 Å². The molecule has 0 aliphatic carbocycles. The molecule has 1 rings (SSSR count). The molecular formula is C11H16O3. The van der Waals surface area contributed by atoms with E-state index >= 15 is 0 Å². The van der Waals surface area contributed by atoms with Crippen LogP contribution in [0.25, 0.3) is 0 Å². The van der Waals surface area contributed by atoms with Crippen molar-refractivity contribution in [1.29, 1.82) is 0 Å². The highest BCUT2D eigenvalue weighted by atomic mass is 16.5. The quantitative estimate of drug-likeness (QED) is 0.801. The second-order valence-electron chi connectivity index (χ2n) is 3.16. The summed E-state index contributed by atoms with van der Waals surface area (Å²) in [5.74, 6) is 0.239. The molecule has 0 bridgehead atoms. The lowest BCUT2D eigenvalue weighted by Crippen LogP contribution is -2.19. The molecule has 0 radical (unpaired) electrons. The van der Waals surface area contributed by atoms with Gasteiger partial charge < -0.3 is 14.6 Å². The van der Waals surface area contributed by atoms with Gasteiger partial charge in [0.15, 0.2) is 0 Å². The number of para-hydroxylation sites is 1. The predicted octanol–water partition coefficient (Wildman–Crippen LogP) is 2.11. The van der Waals surface area contributed by atoms with E-state index in [1.807, 2.05) is 19.1 Å². The lowest BCUT2D eigenvalue weighted by Gasteiger charge is -2.22. The summed E-state index contributed by atoms with van der Waals surface area (Å²) < 4.78 is 10.5. The van der Waals surface area contributed by atoms with Crippen molar-refractivity contribution >= 4 is 0 Å². The zero-order valence-electron chi connectivity index (χ0n) is 8.73. The van der Waals surface area contributed by atoms with Gasteiger partial charge in [0.2, 0.25) is 0 Å². The van der Waals surface area contributed by atoms with Crippen molar-refractivity contribution in [2.75, 3.05) is 14.2 Å². The third kappa shape index (κ3) is 2.25. The second-order valence-corrected chi connectivity index (χ2v) is 3.16. The molecule has 0 aromatic heterocycles. The first-order chi connectivity index (χ1) is 6.70. The monoisotopic (exact) mass is 196 g/mol. The maximum absolute atomic E-state index is 9.62. The van der Waals surface area contributed by atoms with E-state index < -0.39 is 0 Å². The summed E-state index contributed by atoms with van der Waals surface area (Å²) in [6.45, 7) is 1.90. The van der Waals surface area contributed by atoms with Gasteiger partial charge in [0.25, 0.3) is 0 Å². The lowest BCUT2D eigenvalue weighted by molar-refractivity contribution is -0.0287. The Bertz CT molecular complexity index is 286. The minimum atomic E-state index is -0.235. The van der Waals surface area contributed by atoms with Crippen LogP contribution in [0, 0.1) is 0 Å². The Morgan fingerprint density at radius 3 is 2.29 bits per heavy atom. The summed E-state index contributed by atoms with van der Waals surface area (Å²) in [4.78, 5) is 0. The molecule has 0 amide bonds. The normalized spacial score (nSPS) is 15.1. The number of methoxy groups -OCH3 is 2. The molecule has 0 unspecified atom stereocenters. The summed E-state index contributed by atoms with van der Waals surface area (Å²) in [5.41, 5.74) is 0.754. The van der Waals surface area contributed by atoms with Crippen LogP contribution in [-0.4, -0.2) is 25.4 Å². The number of rotatable bonds is 4. The van der Waals surface area contributed by atoms with Crippen molar-refractivity contribution in [1.82, 2.24) is 0 Å². The molecule has 14 heavy (non-hydrogen) atoms. The molecule has 1 N–H and O–H groups in total. The molecule has 1 aromatic carbocycles. The van der Waals surface area contributed by atoms with E-state index in [1.165, 1.54) is 0 Å². The number of phenolic OH excluding ortho intramolecular Hbond substituents is 1. The molecule has 0 heterocycles. The van der Waals surface area contributed by atoms with E-state index in [0.29, 0.717) is 0 Å². The van der Waals surface area contributed by atoms with Crippen LogP contribution in [0.5, 0.6) is 5.75 Å². The number of phenols is 1. The molecule has 3 nitrogen and oxygen atoms in total. The summed E-state index contributed by atoms with van der Waals surface area (Å²) in [5, 5.41) is 9.62. The molecule has 0 aliphatic rings. The third-order valence-electron chi connectivity index (χ3n) is 2.30. The number of hydrogen-bond acceptors (Lipinski definition) is 3.